The van der Waals surface area contributed by atoms with Crippen LogP contribution >= 0.6 is 34.7 Å². The molecule has 0 aliphatic carbocycles. The largest absolute Gasteiger partial charge is 0.280 e. The summed E-state index contributed by atoms with van der Waals surface area (Å²) in [6.45, 7) is 2.49. The van der Waals surface area contributed by atoms with Crippen molar-refractivity contribution in [1.82, 2.24) is 3.96 Å². The lowest BCUT2D eigenvalue weighted by molar-refractivity contribution is 0.810. The van der Waals surface area contributed by atoms with E-state index in [4.69, 9.17) is 23.2 Å². The van der Waals surface area contributed by atoms with E-state index in [1.54, 1.807) is 0 Å². The van der Waals surface area contributed by atoms with Gasteiger partial charge in [-0.25, -0.2) is 0 Å². The second kappa shape index (κ2) is 2.95. The van der Waals surface area contributed by atoms with Gasteiger partial charge in [0, 0.05) is 6.54 Å². The standard InChI is InChI=1S/C5H5Cl2NOS/c1-2-8-5(9)3(6)4(7)10-8/h2H2,1H3. The molecule has 1 rings (SSSR count). The average molecular weight is 198 g/mol. The third kappa shape index (κ3) is 1.21. The van der Waals surface area contributed by atoms with Gasteiger partial charge < -0.3 is 0 Å². The summed E-state index contributed by atoms with van der Waals surface area (Å²) in [5.41, 5.74) is -0.195. The van der Waals surface area contributed by atoms with E-state index in [-0.39, 0.29) is 10.6 Å². The number of halogens is 2. The van der Waals surface area contributed by atoms with E-state index < -0.39 is 0 Å². The highest BCUT2D eigenvalue weighted by molar-refractivity contribution is 7.11. The second-order valence-corrected chi connectivity index (χ2v) is 3.69. The highest BCUT2D eigenvalue weighted by atomic mass is 35.5. The quantitative estimate of drug-likeness (QED) is 0.678. The lowest BCUT2D eigenvalue weighted by Gasteiger charge is -1.87. The Labute approximate surface area is 72.1 Å². The maximum absolute atomic E-state index is 11.0. The van der Waals surface area contributed by atoms with Crippen LogP contribution < -0.4 is 5.56 Å². The molecule has 0 unspecified atom stereocenters. The van der Waals surface area contributed by atoms with Crippen LogP contribution in [0.25, 0.3) is 0 Å². The van der Waals surface area contributed by atoms with Crippen molar-refractivity contribution in [3.05, 3.63) is 19.7 Å². The Bertz CT molecular complexity index is 290. The Hall–Kier alpha value is 0.01000. The SMILES string of the molecule is CCn1sc(Cl)c(Cl)c1=O. The van der Waals surface area contributed by atoms with Gasteiger partial charge in [0.1, 0.15) is 9.36 Å². The highest BCUT2D eigenvalue weighted by Crippen LogP contribution is 2.22. The summed E-state index contributed by atoms with van der Waals surface area (Å²) < 4.78 is 1.87. The van der Waals surface area contributed by atoms with E-state index in [9.17, 15) is 4.79 Å². The fourth-order valence-corrected chi connectivity index (χ4v) is 1.83. The predicted molar refractivity (Wildman–Crippen MR) is 44.3 cm³/mol. The molecule has 0 radical (unpaired) electrons. The van der Waals surface area contributed by atoms with Crippen molar-refractivity contribution >= 4 is 34.7 Å². The summed E-state index contributed by atoms with van der Waals surface area (Å²) in [4.78, 5) is 11.0. The molecule has 0 atom stereocenters. The minimum atomic E-state index is -0.195. The predicted octanol–water partition coefficient (Wildman–Crippen LogP) is 2.24. The van der Waals surface area contributed by atoms with Gasteiger partial charge in [0.05, 0.1) is 0 Å². The second-order valence-electron chi connectivity index (χ2n) is 1.68. The molecule has 0 amide bonds. The number of hydrogen-bond acceptors (Lipinski definition) is 2. The molecule has 56 valence electrons. The number of hydrogen-bond donors (Lipinski definition) is 0. The van der Waals surface area contributed by atoms with Crippen molar-refractivity contribution in [2.75, 3.05) is 0 Å². The highest BCUT2D eigenvalue weighted by Gasteiger charge is 2.08. The van der Waals surface area contributed by atoms with E-state index in [0.717, 1.165) is 0 Å². The van der Waals surface area contributed by atoms with Crippen molar-refractivity contribution in [1.29, 1.82) is 0 Å². The molecule has 0 aromatic carbocycles. The summed E-state index contributed by atoms with van der Waals surface area (Å²) in [7, 11) is 0. The summed E-state index contributed by atoms with van der Waals surface area (Å²) in [5, 5.41) is 0.133. The normalized spacial score (nSPS) is 10.3. The van der Waals surface area contributed by atoms with Crippen LogP contribution in [0.1, 0.15) is 6.92 Å². The summed E-state index contributed by atoms with van der Waals surface area (Å²) in [6.07, 6.45) is 0. The molecule has 0 fully saturated rings. The zero-order chi connectivity index (χ0) is 7.72. The fraction of sp³-hybridized carbons (Fsp3) is 0.400. The van der Waals surface area contributed by atoms with Crippen LogP contribution in [-0.2, 0) is 6.54 Å². The molecule has 0 saturated carbocycles. The molecule has 1 aromatic rings. The van der Waals surface area contributed by atoms with Crippen LogP contribution in [0.5, 0.6) is 0 Å². The smallest absolute Gasteiger partial charge is 0.267 e. The van der Waals surface area contributed by atoms with Gasteiger partial charge in [0.15, 0.2) is 0 Å². The molecular formula is C5H5Cl2NOS. The van der Waals surface area contributed by atoms with Crippen LogP contribution in [0.3, 0.4) is 0 Å². The Kier molecular flexibility index (Phi) is 2.39. The van der Waals surface area contributed by atoms with Gasteiger partial charge >= 0.3 is 0 Å². The number of aromatic nitrogens is 1. The average Bonchev–Trinajstić information content (AvgIpc) is 2.17. The Balaban J connectivity index is 3.31. The molecule has 10 heavy (non-hydrogen) atoms. The van der Waals surface area contributed by atoms with E-state index in [1.807, 2.05) is 6.92 Å². The molecular weight excluding hydrogens is 193 g/mol. The maximum atomic E-state index is 11.0. The molecule has 0 aliphatic heterocycles. The molecule has 2 nitrogen and oxygen atoms in total. The van der Waals surface area contributed by atoms with Gasteiger partial charge in [-0.15, -0.1) is 0 Å². The van der Waals surface area contributed by atoms with Gasteiger partial charge in [0.25, 0.3) is 5.56 Å². The van der Waals surface area contributed by atoms with Crippen molar-refractivity contribution in [3.8, 4) is 0 Å². The van der Waals surface area contributed by atoms with Crippen LogP contribution in [0.2, 0.25) is 9.36 Å². The van der Waals surface area contributed by atoms with Crippen LogP contribution in [0.15, 0.2) is 4.79 Å². The zero-order valence-electron chi connectivity index (χ0n) is 5.23. The van der Waals surface area contributed by atoms with Gasteiger partial charge in [-0.3, -0.25) is 8.75 Å². The van der Waals surface area contributed by atoms with Crippen molar-refractivity contribution in [3.63, 3.8) is 0 Å². The molecule has 0 spiro atoms. The number of aryl methyl sites for hydroxylation is 1. The Morgan fingerprint density at radius 2 is 2.20 bits per heavy atom. The third-order valence-corrected chi connectivity index (χ3v) is 3.03. The van der Waals surface area contributed by atoms with E-state index in [2.05, 4.69) is 0 Å². The maximum Gasteiger partial charge on any atom is 0.280 e. The molecule has 0 bridgehead atoms. The molecule has 5 heteroatoms. The first-order valence-electron chi connectivity index (χ1n) is 2.72. The fourth-order valence-electron chi connectivity index (χ4n) is 0.580. The summed E-state index contributed by atoms with van der Waals surface area (Å²) in [6, 6.07) is 0. The number of rotatable bonds is 1. The first-order valence-corrected chi connectivity index (χ1v) is 4.25. The van der Waals surface area contributed by atoms with Crippen molar-refractivity contribution in [2.45, 2.75) is 13.5 Å². The molecule has 1 heterocycles. The van der Waals surface area contributed by atoms with Gasteiger partial charge in [-0.05, 0) is 18.5 Å². The third-order valence-electron chi connectivity index (χ3n) is 1.06. The van der Waals surface area contributed by atoms with Gasteiger partial charge in [-0.1, -0.05) is 23.2 Å². The van der Waals surface area contributed by atoms with Gasteiger partial charge in [-0.2, -0.15) is 0 Å². The van der Waals surface area contributed by atoms with Crippen LogP contribution in [0.4, 0.5) is 0 Å². The minimum Gasteiger partial charge on any atom is -0.267 e. The first-order chi connectivity index (χ1) is 4.66. The van der Waals surface area contributed by atoms with Crippen LogP contribution in [0, 0.1) is 0 Å². The zero-order valence-corrected chi connectivity index (χ0v) is 7.56. The summed E-state index contributed by atoms with van der Waals surface area (Å²) in [5.74, 6) is 0. The van der Waals surface area contributed by atoms with Gasteiger partial charge in [0.2, 0.25) is 0 Å². The lowest BCUT2D eigenvalue weighted by Crippen LogP contribution is -2.11. The van der Waals surface area contributed by atoms with E-state index in [0.29, 0.717) is 10.9 Å². The van der Waals surface area contributed by atoms with Crippen molar-refractivity contribution in [2.24, 2.45) is 0 Å². The van der Waals surface area contributed by atoms with E-state index in [1.165, 1.54) is 15.5 Å². The lowest BCUT2D eigenvalue weighted by atomic mass is 10.7. The Morgan fingerprint density at radius 3 is 2.40 bits per heavy atom. The minimum absolute atomic E-state index is 0.133. The Morgan fingerprint density at radius 1 is 1.60 bits per heavy atom. The topological polar surface area (TPSA) is 22.0 Å². The monoisotopic (exact) mass is 197 g/mol. The molecule has 1 aromatic heterocycles. The molecule has 0 saturated heterocycles. The molecule has 0 aliphatic rings. The molecule has 0 N–H and O–H groups in total. The number of nitrogens with zero attached hydrogens (tertiary/aromatic N) is 1. The summed E-state index contributed by atoms with van der Waals surface area (Å²) >= 11 is 12.3. The first kappa shape index (κ1) is 8.11. The van der Waals surface area contributed by atoms with E-state index >= 15 is 0 Å². The van der Waals surface area contributed by atoms with Crippen molar-refractivity contribution < 1.29 is 0 Å². The van der Waals surface area contributed by atoms with Crippen LogP contribution in [-0.4, -0.2) is 3.96 Å².